The maximum absolute atomic E-state index is 13.1. The Balaban J connectivity index is 2.22. The summed E-state index contributed by atoms with van der Waals surface area (Å²) in [5.74, 6) is -0.239. The lowest BCUT2D eigenvalue weighted by atomic mass is 9.99. The molecule has 0 saturated carbocycles. The van der Waals surface area contributed by atoms with Gasteiger partial charge < -0.3 is 5.32 Å². The van der Waals surface area contributed by atoms with Crippen molar-refractivity contribution in [3.05, 3.63) is 68.9 Å². The number of nitrogens with one attached hydrogen (secondary N) is 1. The van der Waals surface area contributed by atoms with Crippen molar-refractivity contribution in [1.29, 1.82) is 0 Å². The molecule has 0 aliphatic rings. The number of halogens is 3. The van der Waals surface area contributed by atoms with E-state index in [4.69, 9.17) is 11.6 Å². The minimum atomic E-state index is -0.239. The fourth-order valence-electron chi connectivity index (χ4n) is 2.01. The summed E-state index contributed by atoms with van der Waals surface area (Å²) in [7, 11) is 1.90. The Morgan fingerprint density at radius 2 is 1.89 bits per heavy atom. The van der Waals surface area contributed by atoms with Crippen molar-refractivity contribution in [2.75, 3.05) is 7.05 Å². The second-order valence-electron chi connectivity index (χ2n) is 4.34. The van der Waals surface area contributed by atoms with Gasteiger partial charge in [0.15, 0.2) is 0 Å². The molecule has 1 atom stereocenters. The molecule has 0 aliphatic carbocycles. The van der Waals surface area contributed by atoms with Crippen LogP contribution in [0.5, 0.6) is 0 Å². The summed E-state index contributed by atoms with van der Waals surface area (Å²) in [6.45, 7) is 0. The van der Waals surface area contributed by atoms with E-state index in [0.717, 1.165) is 21.5 Å². The third-order valence-corrected chi connectivity index (χ3v) is 3.98. The van der Waals surface area contributed by atoms with Crippen molar-refractivity contribution in [3.63, 3.8) is 0 Å². The van der Waals surface area contributed by atoms with Gasteiger partial charge in [-0.3, -0.25) is 0 Å². The number of rotatable bonds is 4. The molecular weight excluding hydrogens is 329 g/mol. The van der Waals surface area contributed by atoms with Gasteiger partial charge in [0.05, 0.1) is 0 Å². The van der Waals surface area contributed by atoms with Crippen LogP contribution in [0.15, 0.2) is 46.9 Å². The van der Waals surface area contributed by atoms with Gasteiger partial charge in [-0.15, -0.1) is 0 Å². The van der Waals surface area contributed by atoms with E-state index in [1.807, 2.05) is 31.3 Å². The van der Waals surface area contributed by atoms with Crippen molar-refractivity contribution in [3.8, 4) is 0 Å². The molecule has 0 heterocycles. The van der Waals surface area contributed by atoms with Gasteiger partial charge in [0.1, 0.15) is 5.82 Å². The maximum atomic E-state index is 13.1. The van der Waals surface area contributed by atoms with Gasteiger partial charge in [0.2, 0.25) is 0 Å². The first kappa shape index (κ1) is 14.5. The number of benzene rings is 2. The Labute approximate surface area is 125 Å². The molecule has 100 valence electrons. The normalized spacial score (nSPS) is 12.4. The van der Waals surface area contributed by atoms with Gasteiger partial charge in [0, 0.05) is 15.5 Å². The molecular formula is C15H14BrClFN. The second kappa shape index (κ2) is 6.51. The minimum Gasteiger partial charge on any atom is -0.313 e. The Hall–Kier alpha value is -0.900. The molecule has 0 amide bonds. The zero-order valence-electron chi connectivity index (χ0n) is 10.5. The molecule has 0 aromatic heterocycles. The van der Waals surface area contributed by atoms with E-state index < -0.39 is 0 Å². The summed E-state index contributed by atoms with van der Waals surface area (Å²) in [5, 5.41) is 3.99. The van der Waals surface area contributed by atoms with Crippen LogP contribution >= 0.6 is 27.5 Å². The molecule has 4 heteroatoms. The van der Waals surface area contributed by atoms with Crippen LogP contribution in [0.1, 0.15) is 17.2 Å². The van der Waals surface area contributed by atoms with Crippen molar-refractivity contribution in [2.45, 2.75) is 12.5 Å². The highest BCUT2D eigenvalue weighted by Gasteiger charge is 2.13. The molecule has 1 unspecified atom stereocenters. The predicted octanol–water partition coefficient (Wildman–Crippen LogP) is 4.74. The molecule has 2 aromatic rings. The Morgan fingerprint density at radius 1 is 1.21 bits per heavy atom. The standard InChI is InChI=1S/C15H14BrClFN/c1-19-15(8-10-2-4-11(17)5-3-10)13-7-6-12(18)9-14(13)16/h2-7,9,15,19H,8H2,1H3. The monoisotopic (exact) mass is 341 g/mol. The van der Waals surface area contributed by atoms with Gasteiger partial charge >= 0.3 is 0 Å². The molecule has 0 radical (unpaired) electrons. The molecule has 2 rings (SSSR count). The second-order valence-corrected chi connectivity index (χ2v) is 5.63. The first-order chi connectivity index (χ1) is 9.10. The van der Waals surface area contributed by atoms with Crippen LogP contribution in [0, 0.1) is 5.82 Å². The quantitative estimate of drug-likeness (QED) is 0.846. The number of hydrogen-bond acceptors (Lipinski definition) is 1. The smallest absolute Gasteiger partial charge is 0.124 e. The fraction of sp³-hybridized carbons (Fsp3) is 0.200. The average molecular weight is 343 g/mol. The third-order valence-electron chi connectivity index (χ3n) is 3.04. The van der Waals surface area contributed by atoms with E-state index in [9.17, 15) is 4.39 Å². The van der Waals surface area contributed by atoms with E-state index >= 15 is 0 Å². The zero-order chi connectivity index (χ0) is 13.8. The van der Waals surface area contributed by atoms with Crippen LogP contribution in [0.4, 0.5) is 4.39 Å². The van der Waals surface area contributed by atoms with Gasteiger partial charge in [-0.1, -0.05) is 45.7 Å². The zero-order valence-corrected chi connectivity index (χ0v) is 12.8. The maximum Gasteiger partial charge on any atom is 0.124 e. The van der Waals surface area contributed by atoms with Crippen molar-refractivity contribution >= 4 is 27.5 Å². The summed E-state index contributed by atoms with van der Waals surface area (Å²) in [6, 6.07) is 12.7. The van der Waals surface area contributed by atoms with Crippen molar-refractivity contribution < 1.29 is 4.39 Å². The highest BCUT2D eigenvalue weighted by Crippen LogP contribution is 2.27. The molecule has 1 N–H and O–H groups in total. The van der Waals surface area contributed by atoms with Crippen LogP contribution in [0.2, 0.25) is 5.02 Å². The third kappa shape index (κ3) is 3.78. The molecule has 2 aromatic carbocycles. The summed E-state index contributed by atoms with van der Waals surface area (Å²) >= 11 is 9.29. The molecule has 19 heavy (non-hydrogen) atoms. The van der Waals surface area contributed by atoms with Crippen LogP contribution < -0.4 is 5.32 Å². The van der Waals surface area contributed by atoms with Gasteiger partial charge in [0.25, 0.3) is 0 Å². The van der Waals surface area contributed by atoms with Crippen molar-refractivity contribution in [2.24, 2.45) is 0 Å². The lowest BCUT2D eigenvalue weighted by molar-refractivity contribution is 0.583. The summed E-state index contributed by atoms with van der Waals surface area (Å²) in [4.78, 5) is 0. The molecule has 0 bridgehead atoms. The first-order valence-corrected chi connectivity index (χ1v) is 7.14. The van der Waals surface area contributed by atoms with E-state index in [1.54, 1.807) is 6.07 Å². The van der Waals surface area contributed by atoms with Gasteiger partial charge in [-0.2, -0.15) is 0 Å². The van der Waals surface area contributed by atoms with E-state index in [0.29, 0.717) is 0 Å². The SMILES string of the molecule is CNC(Cc1ccc(Cl)cc1)c1ccc(F)cc1Br. The highest BCUT2D eigenvalue weighted by molar-refractivity contribution is 9.10. The molecule has 0 spiro atoms. The molecule has 0 aliphatic heterocycles. The molecule has 0 saturated heterocycles. The Kier molecular flexibility index (Phi) is 4.97. The summed E-state index contributed by atoms with van der Waals surface area (Å²) < 4.78 is 13.9. The van der Waals surface area contributed by atoms with Crippen molar-refractivity contribution in [1.82, 2.24) is 5.32 Å². The summed E-state index contributed by atoms with van der Waals surface area (Å²) in [5.41, 5.74) is 2.22. The highest BCUT2D eigenvalue weighted by atomic mass is 79.9. The molecule has 1 nitrogen and oxygen atoms in total. The average Bonchev–Trinajstić information content (AvgIpc) is 2.39. The number of likely N-dealkylation sites (N-methyl/N-ethyl adjacent to an activating group) is 1. The molecule has 0 fully saturated rings. The van der Waals surface area contributed by atoms with Crippen LogP contribution in [0.25, 0.3) is 0 Å². The van der Waals surface area contributed by atoms with Gasteiger partial charge in [-0.05, 0) is 48.9 Å². The van der Waals surface area contributed by atoms with Crippen LogP contribution in [-0.2, 0) is 6.42 Å². The Bertz CT molecular complexity index is 557. The minimum absolute atomic E-state index is 0.121. The van der Waals surface area contributed by atoms with E-state index in [-0.39, 0.29) is 11.9 Å². The topological polar surface area (TPSA) is 12.0 Å². The van der Waals surface area contributed by atoms with E-state index in [2.05, 4.69) is 21.2 Å². The largest absolute Gasteiger partial charge is 0.313 e. The first-order valence-electron chi connectivity index (χ1n) is 5.97. The van der Waals surface area contributed by atoms with E-state index in [1.165, 1.54) is 17.7 Å². The van der Waals surface area contributed by atoms with Crippen LogP contribution in [0.3, 0.4) is 0 Å². The lowest BCUT2D eigenvalue weighted by Gasteiger charge is -2.18. The fourth-order valence-corrected chi connectivity index (χ4v) is 2.76. The summed E-state index contributed by atoms with van der Waals surface area (Å²) in [6.07, 6.45) is 0.817. The lowest BCUT2D eigenvalue weighted by Crippen LogP contribution is -2.19. The predicted molar refractivity (Wildman–Crippen MR) is 81.1 cm³/mol. The van der Waals surface area contributed by atoms with Crippen LogP contribution in [-0.4, -0.2) is 7.05 Å². The number of hydrogen-bond donors (Lipinski definition) is 1. The van der Waals surface area contributed by atoms with Gasteiger partial charge in [-0.25, -0.2) is 4.39 Å². The Morgan fingerprint density at radius 3 is 2.47 bits per heavy atom.